The molecule has 2 N–H and O–H groups in total. The molecule has 0 radical (unpaired) electrons. The monoisotopic (exact) mass is 366 g/mol. The van der Waals surface area contributed by atoms with Crippen molar-refractivity contribution in [1.29, 1.82) is 0 Å². The molecule has 2 heterocycles. The van der Waals surface area contributed by atoms with E-state index in [1.54, 1.807) is 24.3 Å². The number of benzene rings is 3. The van der Waals surface area contributed by atoms with Crippen LogP contribution in [0.1, 0.15) is 27.0 Å². The SMILES string of the molecule is O=C1OC2(c3ccc(O)cc3Oc3cc(O)ccc32)c2ccccc21.S. The number of rotatable bonds is 0. The summed E-state index contributed by atoms with van der Waals surface area (Å²) in [5.74, 6) is 0.408. The molecule has 2 aliphatic heterocycles. The minimum atomic E-state index is -1.17. The van der Waals surface area contributed by atoms with Crippen molar-refractivity contribution in [3.05, 3.63) is 82.9 Å². The fraction of sp³-hybridized carbons (Fsp3) is 0.0500. The summed E-state index contributed by atoms with van der Waals surface area (Å²) in [5, 5.41) is 19.7. The van der Waals surface area contributed by atoms with Gasteiger partial charge in [0.1, 0.15) is 23.0 Å². The van der Waals surface area contributed by atoms with Crippen LogP contribution in [0.25, 0.3) is 0 Å². The first-order valence-corrected chi connectivity index (χ1v) is 7.77. The topological polar surface area (TPSA) is 76.0 Å². The van der Waals surface area contributed by atoms with Gasteiger partial charge in [-0.2, -0.15) is 13.5 Å². The van der Waals surface area contributed by atoms with E-state index >= 15 is 0 Å². The van der Waals surface area contributed by atoms with Crippen molar-refractivity contribution >= 4 is 19.5 Å². The van der Waals surface area contributed by atoms with Crippen molar-refractivity contribution in [2.24, 2.45) is 0 Å². The van der Waals surface area contributed by atoms with Gasteiger partial charge >= 0.3 is 5.97 Å². The third kappa shape index (κ3) is 1.96. The molecule has 6 heteroatoms. The van der Waals surface area contributed by atoms with Crippen molar-refractivity contribution < 1.29 is 24.5 Å². The number of aromatic hydroxyl groups is 2. The van der Waals surface area contributed by atoms with E-state index in [0.29, 0.717) is 33.8 Å². The highest BCUT2D eigenvalue weighted by Crippen LogP contribution is 2.56. The van der Waals surface area contributed by atoms with Crippen molar-refractivity contribution in [3.8, 4) is 23.0 Å². The van der Waals surface area contributed by atoms with Gasteiger partial charge in [0.2, 0.25) is 0 Å². The van der Waals surface area contributed by atoms with E-state index in [1.165, 1.54) is 24.3 Å². The number of hydrogen-bond acceptors (Lipinski definition) is 5. The second kappa shape index (κ2) is 5.44. The fourth-order valence-electron chi connectivity index (χ4n) is 3.65. The first-order chi connectivity index (χ1) is 12.1. The predicted molar refractivity (Wildman–Crippen MR) is 98.4 cm³/mol. The molecule has 0 atom stereocenters. The van der Waals surface area contributed by atoms with Crippen LogP contribution in [0.2, 0.25) is 0 Å². The molecular weight excluding hydrogens is 352 g/mol. The Hall–Kier alpha value is -3.12. The Bertz CT molecular complexity index is 1010. The minimum absolute atomic E-state index is 0. The maximum atomic E-state index is 12.5. The quantitative estimate of drug-likeness (QED) is 0.592. The largest absolute Gasteiger partial charge is 0.508 e. The van der Waals surface area contributed by atoms with Crippen LogP contribution in [0.5, 0.6) is 23.0 Å². The van der Waals surface area contributed by atoms with Crippen LogP contribution in [-0.4, -0.2) is 16.2 Å². The van der Waals surface area contributed by atoms with Gasteiger partial charge in [0.05, 0.1) is 5.56 Å². The highest BCUT2D eigenvalue weighted by molar-refractivity contribution is 7.59. The van der Waals surface area contributed by atoms with E-state index in [1.807, 2.05) is 12.1 Å². The zero-order valence-electron chi connectivity index (χ0n) is 13.4. The lowest BCUT2D eigenvalue weighted by Crippen LogP contribution is -2.32. The number of ether oxygens (including phenoxy) is 2. The average Bonchev–Trinajstić information content (AvgIpc) is 2.88. The normalized spacial score (nSPS) is 15.2. The van der Waals surface area contributed by atoms with Gasteiger partial charge in [-0.05, 0) is 30.3 Å². The number of fused-ring (bicyclic) bond motifs is 6. The molecule has 3 aromatic rings. The number of esters is 1. The van der Waals surface area contributed by atoms with Crippen LogP contribution < -0.4 is 4.74 Å². The predicted octanol–water partition coefficient (Wildman–Crippen LogP) is 3.78. The summed E-state index contributed by atoms with van der Waals surface area (Å²) in [6.45, 7) is 0. The van der Waals surface area contributed by atoms with Crippen molar-refractivity contribution in [3.63, 3.8) is 0 Å². The van der Waals surface area contributed by atoms with Gasteiger partial charge in [-0.15, -0.1) is 0 Å². The molecule has 0 aliphatic carbocycles. The maximum absolute atomic E-state index is 12.5. The lowest BCUT2D eigenvalue weighted by molar-refractivity contribution is 0.0224. The zero-order chi connectivity index (χ0) is 17.2. The summed E-state index contributed by atoms with van der Waals surface area (Å²) in [5.41, 5.74) is 1.28. The minimum Gasteiger partial charge on any atom is -0.508 e. The Kier molecular flexibility index (Phi) is 3.42. The molecule has 0 saturated carbocycles. The molecule has 0 saturated heterocycles. The van der Waals surface area contributed by atoms with Crippen molar-refractivity contribution in [1.82, 2.24) is 0 Å². The van der Waals surface area contributed by atoms with Crippen molar-refractivity contribution in [2.75, 3.05) is 0 Å². The summed E-state index contributed by atoms with van der Waals surface area (Å²) in [6.07, 6.45) is 0. The van der Waals surface area contributed by atoms with E-state index in [4.69, 9.17) is 9.47 Å². The number of carbonyl (C=O) groups is 1. The molecule has 0 amide bonds. The van der Waals surface area contributed by atoms with Gasteiger partial charge in [0.15, 0.2) is 5.60 Å². The Morgan fingerprint density at radius 2 is 1.35 bits per heavy atom. The van der Waals surface area contributed by atoms with Gasteiger partial charge in [-0.3, -0.25) is 0 Å². The van der Waals surface area contributed by atoms with Crippen LogP contribution in [0.3, 0.4) is 0 Å². The van der Waals surface area contributed by atoms with Crippen LogP contribution in [0.4, 0.5) is 0 Å². The highest BCUT2D eigenvalue weighted by atomic mass is 32.1. The molecular formula is C20H14O5S. The second-order valence-corrected chi connectivity index (χ2v) is 6.08. The Morgan fingerprint density at radius 1 is 0.769 bits per heavy atom. The van der Waals surface area contributed by atoms with Crippen molar-refractivity contribution in [2.45, 2.75) is 5.60 Å². The first kappa shape index (κ1) is 16.4. The molecule has 0 fully saturated rings. The summed E-state index contributed by atoms with van der Waals surface area (Å²) in [6, 6.07) is 16.6. The molecule has 1 spiro atoms. The summed E-state index contributed by atoms with van der Waals surface area (Å²) >= 11 is 0. The highest BCUT2D eigenvalue weighted by Gasteiger charge is 2.53. The molecule has 0 aromatic heterocycles. The summed E-state index contributed by atoms with van der Waals surface area (Å²) < 4.78 is 11.8. The Labute approximate surface area is 155 Å². The third-order valence-electron chi connectivity index (χ3n) is 4.68. The van der Waals surface area contributed by atoms with Crippen LogP contribution in [0.15, 0.2) is 60.7 Å². The first-order valence-electron chi connectivity index (χ1n) is 7.77. The fourth-order valence-corrected chi connectivity index (χ4v) is 3.65. The van der Waals surface area contributed by atoms with E-state index in [2.05, 4.69) is 0 Å². The molecule has 5 rings (SSSR count). The van der Waals surface area contributed by atoms with E-state index < -0.39 is 11.6 Å². The molecule has 130 valence electrons. The van der Waals surface area contributed by atoms with Crippen LogP contribution >= 0.6 is 13.5 Å². The van der Waals surface area contributed by atoms with Crippen LogP contribution in [0, 0.1) is 0 Å². The Balaban J connectivity index is 0.00000168. The van der Waals surface area contributed by atoms with Gasteiger partial charge in [0, 0.05) is 28.8 Å². The maximum Gasteiger partial charge on any atom is 0.340 e. The standard InChI is InChI=1S/C20H12O5.H2S/c21-11-5-7-15-17(9-11)24-18-10-12(22)6-8-16(18)20(15)14-4-2-1-3-13(14)19(23)25-20;/h1-10,21-22H;1H2. The van der Waals surface area contributed by atoms with Gasteiger partial charge in [0.25, 0.3) is 0 Å². The van der Waals surface area contributed by atoms with E-state index in [-0.39, 0.29) is 25.0 Å². The number of phenols is 2. The summed E-state index contributed by atoms with van der Waals surface area (Å²) in [4.78, 5) is 12.5. The smallest absolute Gasteiger partial charge is 0.340 e. The average molecular weight is 366 g/mol. The third-order valence-corrected chi connectivity index (χ3v) is 4.68. The number of phenolic OH excluding ortho intramolecular Hbond substituents is 2. The second-order valence-electron chi connectivity index (χ2n) is 6.08. The van der Waals surface area contributed by atoms with Gasteiger partial charge < -0.3 is 19.7 Å². The van der Waals surface area contributed by atoms with E-state index in [0.717, 1.165) is 0 Å². The lowest BCUT2D eigenvalue weighted by atomic mass is 9.77. The summed E-state index contributed by atoms with van der Waals surface area (Å²) in [7, 11) is 0. The van der Waals surface area contributed by atoms with E-state index in [9.17, 15) is 15.0 Å². The molecule has 26 heavy (non-hydrogen) atoms. The Morgan fingerprint density at radius 3 is 1.96 bits per heavy atom. The number of carbonyl (C=O) groups excluding carboxylic acids is 1. The molecule has 3 aromatic carbocycles. The lowest BCUT2D eigenvalue weighted by Gasteiger charge is -2.36. The number of hydrogen-bond donors (Lipinski definition) is 2. The molecule has 2 aliphatic rings. The van der Waals surface area contributed by atoms with Gasteiger partial charge in [-0.25, -0.2) is 4.79 Å². The zero-order valence-corrected chi connectivity index (χ0v) is 14.4. The van der Waals surface area contributed by atoms with Gasteiger partial charge in [-0.1, -0.05) is 18.2 Å². The van der Waals surface area contributed by atoms with Crippen LogP contribution in [-0.2, 0) is 10.3 Å². The molecule has 0 bridgehead atoms. The molecule has 0 unspecified atom stereocenters. The molecule has 5 nitrogen and oxygen atoms in total.